The van der Waals surface area contributed by atoms with Gasteiger partial charge in [0.05, 0.1) is 14.2 Å². The first kappa shape index (κ1) is 21.4. The maximum absolute atomic E-state index is 13.2. The lowest BCUT2D eigenvalue weighted by atomic mass is 10.0. The van der Waals surface area contributed by atoms with Gasteiger partial charge in [0.1, 0.15) is 17.3 Å². The summed E-state index contributed by atoms with van der Waals surface area (Å²) < 4.78 is 23.8. The fraction of sp³-hybridized carbons (Fsp3) is 0.200. The number of carbonyl (C=O) groups excluding carboxylic acids is 2. The van der Waals surface area contributed by atoms with Crippen molar-refractivity contribution in [2.24, 2.45) is 0 Å². The van der Waals surface area contributed by atoms with Gasteiger partial charge in [0.25, 0.3) is 11.8 Å². The predicted octanol–water partition coefficient (Wildman–Crippen LogP) is 3.98. The van der Waals surface area contributed by atoms with Gasteiger partial charge in [0.2, 0.25) is 0 Å². The largest absolute Gasteiger partial charge is 0.497 e. The summed E-state index contributed by atoms with van der Waals surface area (Å²) in [6.45, 7) is 0.746. The van der Waals surface area contributed by atoms with Gasteiger partial charge in [-0.25, -0.2) is 4.39 Å². The van der Waals surface area contributed by atoms with Crippen LogP contribution in [0.3, 0.4) is 0 Å². The molecule has 0 saturated heterocycles. The molecule has 4 rings (SSSR count). The summed E-state index contributed by atoms with van der Waals surface area (Å²) >= 11 is 0. The van der Waals surface area contributed by atoms with E-state index in [1.807, 2.05) is 18.2 Å². The number of hydrogen-bond acceptors (Lipinski definition) is 4. The van der Waals surface area contributed by atoms with Gasteiger partial charge in [-0.2, -0.15) is 0 Å². The van der Waals surface area contributed by atoms with Crippen LogP contribution in [-0.2, 0) is 13.0 Å². The van der Waals surface area contributed by atoms with Crippen LogP contribution in [0.15, 0.2) is 60.7 Å². The second-order valence-electron chi connectivity index (χ2n) is 7.38. The quantitative estimate of drug-likeness (QED) is 0.637. The minimum Gasteiger partial charge on any atom is -0.497 e. The SMILES string of the molecule is COc1ccc(CNC(=O)c2cccc3c2CCN3C(=O)c2ccc(F)cc2)c(OC)c1. The highest BCUT2D eigenvalue weighted by molar-refractivity contribution is 6.08. The van der Waals surface area contributed by atoms with Crippen molar-refractivity contribution in [2.45, 2.75) is 13.0 Å². The molecule has 7 heteroatoms. The molecule has 3 aromatic carbocycles. The monoisotopic (exact) mass is 434 g/mol. The molecule has 6 nitrogen and oxygen atoms in total. The molecule has 1 heterocycles. The lowest BCUT2D eigenvalue weighted by molar-refractivity contribution is 0.0948. The van der Waals surface area contributed by atoms with Crippen LogP contribution in [0.1, 0.15) is 31.8 Å². The predicted molar refractivity (Wildman–Crippen MR) is 119 cm³/mol. The molecule has 0 radical (unpaired) electrons. The molecule has 2 amide bonds. The molecule has 0 bridgehead atoms. The van der Waals surface area contributed by atoms with Crippen molar-refractivity contribution < 1.29 is 23.5 Å². The summed E-state index contributed by atoms with van der Waals surface area (Å²) in [7, 11) is 3.15. The van der Waals surface area contributed by atoms with E-state index in [1.54, 1.807) is 37.3 Å². The van der Waals surface area contributed by atoms with Crippen LogP contribution in [0.2, 0.25) is 0 Å². The van der Waals surface area contributed by atoms with Crippen molar-refractivity contribution >= 4 is 17.5 Å². The van der Waals surface area contributed by atoms with Gasteiger partial charge in [-0.15, -0.1) is 0 Å². The van der Waals surface area contributed by atoms with E-state index in [9.17, 15) is 14.0 Å². The molecule has 0 spiro atoms. The van der Waals surface area contributed by atoms with Crippen molar-refractivity contribution in [1.82, 2.24) is 5.32 Å². The summed E-state index contributed by atoms with van der Waals surface area (Å²) in [5.41, 5.74) is 3.28. The van der Waals surface area contributed by atoms with Crippen LogP contribution in [0.4, 0.5) is 10.1 Å². The zero-order chi connectivity index (χ0) is 22.7. The molecule has 1 aliphatic heterocycles. The number of halogens is 1. The fourth-order valence-corrected chi connectivity index (χ4v) is 3.87. The van der Waals surface area contributed by atoms with Gasteiger partial charge in [-0.05, 0) is 60.5 Å². The number of hydrogen-bond donors (Lipinski definition) is 1. The van der Waals surface area contributed by atoms with Crippen LogP contribution in [0.5, 0.6) is 11.5 Å². The number of benzene rings is 3. The first-order valence-electron chi connectivity index (χ1n) is 10.2. The maximum Gasteiger partial charge on any atom is 0.258 e. The van der Waals surface area contributed by atoms with Gasteiger partial charge in [-0.1, -0.05) is 6.07 Å². The summed E-state index contributed by atoms with van der Waals surface area (Å²) in [5, 5.41) is 2.93. The normalized spacial score (nSPS) is 12.3. The highest BCUT2D eigenvalue weighted by atomic mass is 19.1. The number of ether oxygens (including phenoxy) is 2. The number of amides is 2. The molecule has 164 valence electrons. The van der Waals surface area contributed by atoms with Crippen molar-refractivity contribution in [2.75, 3.05) is 25.7 Å². The molecule has 32 heavy (non-hydrogen) atoms. The second kappa shape index (κ2) is 9.09. The van der Waals surface area contributed by atoms with Crippen molar-refractivity contribution in [1.29, 1.82) is 0 Å². The molecule has 3 aromatic rings. The third-order valence-corrected chi connectivity index (χ3v) is 5.54. The van der Waals surface area contributed by atoms with E-state index in [2.05, 4.69) is 5.32 Å². The first-order chi connectivity index (χ1) is 15.5. The molecular formula is C25H23FN2O4. The zero-order valence-electron chi connectivity index (χ0n) is 17.9. The molecule has 1 aliphatic rings. The van der Waals surface area contributed by atoms with E-state index in [-0.39, 0.29) is 18.4 Å². The lowest BCUT2D eigenvalue weighted by Gasteiger charge is -2.18. The molecule has 0 unspecified atom stereocenters. The Morgan fingerprint density at radius 2 is 1.81 bits per heavy atom. The van der Waals surface area contributed by atoms with E-state index < -0.39 is 5.82 Å². The standard InChI is InChI=1S/C25H23FN2O4/c1-31-19-11-8-17(23(14-19)32-2)15-27-24(29)21-4-3-5-22-20(21)12-13-28(22)25(30)16-6-9-18(26)10-7-16/h3-11,14H,12-13,15H2,1-2H3,(H,27,29). The average molecular weight is 434 g/mol. The maximum atomic E-state index is 13.2. The molecule has 0 atom stereocenters. The Bertz CT molecular complexity index is 1160. The minimum absolute atomic E-state index is 0.218. The Kier molecular flexibility index (Phi) is 6.07. The number of nitrogens with zero attached hydrogens (tertiary/aromatic N) is 1. The Morgan fingerprint density at radius 1 is 1.03 bits per heavy atom. The number of nitrogens with one attached hydrogen (secondary N) is 1. The van der Waals surface area contributed by atoms with Gasteiger partial charge in [0.15, 0.2) is 0 Å². The second-order valence-corrected chi connectivity index (χ2v) is 7.38. The molecule has 1 N–H and O–H groups in total. The smallest absolute Gasteiger partial charge is 0.258 e. The highest BCUT2D eigenvalue weighted by Gasteiger charge is 2.29. The Balaban J connectivity index is 1.52. The minimum atomic E-state index is -0.393. The van der Waals surface area contributed by atoms with Gasteiger partial charge < -0.3 is 19.7 Å². The highest BCUT2D eigenvalue weighted by Crippen LogP contribution is 2.32. The molecule has 0 aromatic heterocycles. The third kappa shape index (κ3) is 4.14. The average Bonchev–Trinajstić information content (AvgIpc) is 3.26. The topological polar surface area (TPSA) is 67.9 Å². The van der Waals surface area contributed by atoms with E-state index in [4.69, 9.17) is 9.47 Å². The summed E-state index contributed by atoms with van der Waals surface area (Å²) in [6, 6.07) is 16.2. The molecule has 0 saturated carbocycles. The number of carbonyl (C=O) groups is 2. The van der Waals surface area contributed by atoms with Crippen LogP contribution < -0.4 is 19.7 Å². The molecule has 0 aliphatic carbocycles. The molecule has 0 fully saturated rings. The number of fused-ring (bicyclic) bond motifs is 1. The molecular weight excluding hydrogens is 411 g/mol. The van der Waals surface area contributed by atoms with Crippen LogP contribution >= 0.6 is 0 Å². The van der Waals surface area contributed by atoms with E-state index in [0.29, 0.717) is 41.3 Å². The van der Waals surface area contributed by atoms with Gasteiger partial charge in [0, 0.05) is 41.5 Å². The van der Waals surface area contributed by atoms with Crippen molar-refractivity contribution in [3.05, 3.63) is 88.7 Å². The van der Waals surface area contributed by atoms with Crippen LogP contribution in [-0.4, -0.2) is 32.6 Å². The fourth-order valence-electron chi connectivity index (χ4n) is 3.87. The van der Waals surface area contributed by atoms with E-state index >= 15 is 0 Å². The van der Waals surface area contributed by atoms with E-state index in [1.165, 1.54) is 24.3 Å². The Hall–Kier alpha value is -3.87. The number of rotatable bonds is 6. The van der Waals surface area contributed by atoms with E-state index in [0.717, 1.165) is 11.1 Å². The third-order valence-electron chi connectivity index (χ3n) is 5.54. The first-order valence-corrected chi connectivity index (χ1v) is 10.2. The number of anilines is 1. The summed E-state index contributed by atoms with van der Waals surface area (Å²) in [5.74, 6) is 0.457. The summed E-state index contributed by atoms with van der Waals surface area (Å²) in [6.07, 6.45) is 0.567. The number of methoxy groups -OCH3 is 2. The van der Waals surface area contributed by atoms with Gasteiger partial charge >= 0.3 is 0 Å². The summed E-state index contributed by atoms with van der Waals surface area (Å²) in [4.78, 5) is 27.5. The lowest BCUT2D eigenvalue weighted by Crippen LogP contribution is -2.28. The zero-order valence-corrected chi connectivity index (χ0v) is 17.9. The van der Waals surface area contributed by atoms with Gasteiger partial charge in [-0.3, -0.25) is 9.59 Å². The van der Waals surface area contributed by atoms with Crippen LogP contribution in [0, 0.1) is 5.82 Å². The van der Waals surface area contributed by atoms with Crippen molar-refractivity contribution in [3.63, 3.8) is 0 Å². The Labute approximate surface area is 185 Å². The Morgan fingerprint density at radius 3 is 2.53 bits per heavy atom. The van der Waals surface area contributed by atoms with Crippen molar-refractivity contribution in [3.8, 4) is 11.5 Å². The van der Waals surface area contributed by atoms with Crippen LogP contribution in [0.25, 0.3) is 0 Å².